The predicted octanol–water partition coefficient (Wildman–Crippen LogP) is 7.63. The second kappa shape index (κ2) is 10.6. The molecule has 0 N–H and O–H groups in total. The topological polar surface area (TPSA) is 18.5 Å². The molecule has 1 saturated heterocycles. The van der Waals surface area contributed by atoms with Crippen LogP contribution in [-0.2, 0) is 9.47 Å². The fourth-order valence-electron chi connectivity index (χ4n) is 4.69. The largest absolute Gasteiger partial charge is 0.352 e. The van der Waals surface area contributed by atoms with E-state index in [2.05, 4.69) is 55.5 Å². The Balaban J connectivity index is 1.26. The van der Waals surface area contributed by atoms with E-state index in [1.54, 1.807) is 0 Å². The standard InChI is InChI=1S/C27H33ClO2/c1-2-3-4-5-20-18-29-27(30-19-20)25-12-10-23(11-13-25)21-6-8-22(9-7-21)24-14-16-26(28)17-15-24/h4-9,14-17,20,23,25,27H,2-3,10-13,18-19H2,1H3/b5-4+. The maximum Gasteiger partial charge on any atom is 0.160 e. The van der Waals surface area contributed by atoms with Gasteiger partial charge in [-0.25, -0.2) is 0 Å². The maximum absolute atomic E-state index is 6.09. The van der Waals surface area contributed by atoms with Gasteiger partial charge >= 0.3 is 0 Å². The van der Waals surface area contributed by atoms with Crippen molar-refractivity contribution in [1.82, 2.24) is 0 Å². The van der Waals surface area contributed by atoms with Crippen molar-refractivity contribution in [3.63, 3.8) is 0 Å². The lowest BCUT2D eigenvalue weighted by atomic mass is 9.78. The van der Waals surface area contributed by atoms with Crippen molar-refractivity contribution in [3.8, 4) is 11.1 Å². The van der Waals surface area contributed by atoms with Crippen molar-refractivity contribution >= 4 is 11.6 Å². The second-order valence-corrected chi connectivity index (χ2v) is 9.19. The van der Waals surface area contributed by atoms with Crippen molar-refractivity contribution in [2.75, 3.05) is 13.2 Å². The molecule has 0 bridgehead atoms. The van der Waals surface area contributed by atoms with Gasteiger partial charge in [-0.3, -0.25) is 0 Å². The summed E-state index contributed by atoms with van der Waals surface area (Å²) in [5.74, 6) is 1.60. The van der Waals surface area contributed by atoms with Gasteiger partial charge in [0.1, 0.15) is 0 Å². The molecule has 0 spiro atoms. The van der Waals surface area contributed by atoms with Crippen LogP contribution < -0.4 is 0 Å². The van der Waals surface area contributed by atoms with Gasteiger partial charge in [-0.1, -0.05) is 73.5 Å². The molecule has 2 aliphatic rings. The normalized spacial score (nSPS) is 27.4. The molecule has 0 aromatic heterocycles. The summed E-state index contributed by atoms with van der Waals surface area (Å²) < 4.78 is 12.2. The van der Waals surface area contributed by atoms with Crippen LogP contribution in [0.25, 0.3) is 11.1 Å². The highest BCUT2D eigenvalue weighted by atomic mass is 35.5. The van der Waals surface area contributed by atoms with Crippen LogP contribution in [0.15, 0.2) is 60.7 Å². The highest BCUT2D eigenvalue weighted by Gasteiger charge is 2.32. The minimum absolute atomic E-state index is 0.00550. The Labute approximate surface area is 186 Å². The Morgan fingerprint density at radius 3 is 2.07 bits per heavy atom. The number of ether oxygens (including phenoxy) is 2. The Morgan fingerprint density at radius 1 is 0.867 bits per heavy atom. The Bertz CT molecular complexity index is 796. The van der Waals surface area contributed by atoms with Gasteiger partial charge in [0.25, 0.3) is 0 Å². The van der Waals surface area contributed by atoms with Crippen molar-refractivity contribution in [2.45, 2.75) is 57.7 Å². The van der Waals surface area contributed by atoms with E-state index < -0.39 is 0 Å². The molecule has 0 amide bonds. The highest BCUT2D eigenvalue weighted by molar-refractivity contribution is 6.30. The van der Waals surface area contributed by atoms with Crippen molar-refractivity contribution in [3.05, 3.63) is 71.3 Å². The number of hydrogen-bond donors (Lipinski definition) is 0. The number of benzene rings is 2. The molecule has 2 fully saturated rings. The Kier molecular flexibility index (Phi) is 7.65. The average molecular weight is 425 g/mol. The van der Waals surface area contributed by atoms with Crippen LogP contribution in [0.5, 0.6) is 0 Å². The van der Waals surface area contributed by atoms with Gasteiger partial charge < -0.3 is 9.47 Å². The van der Waals surface area contributed by atoms with Crippen LogP contribution >= 0.6 is 11.6 Å². The quantitative estimate of drug-likeness (QED) is 0.444. The van der Waals surface area contributed by atoms with E-state index in [1.807, 2.05) is 12.1 Å². The molecule has 2 nitrogen and oxygen atoms in total. The molecule has 0 radical (unpaired) electrons. The molecule has 0 unspecified atom stereocenters. The van der Waals surface area contributed by atoms with Gasteiger partial charge in [-0.15, -0.1) is 0 Å². The monoisotopic (exact) mass is 424 g/mol. The molecule has 1 aliphatic heterocycles. The number of halogens is 1. The van der Waals surface area contributed by atoms with Crippen LogP contribution in [0.2, 0.25) is 5.02 Å². The third-order valence-corrected chi connectivity index (χ3v) is 6.78. The Morgan fingerprint density at radius 2 is 1.47 bits per heavy atom. The lowest BCUT2D eigenvalue weighted by molar-refractivity contribution is -0.222. The number of unbranched alkanes of at least 4 members (excludes halogenated alkanes) is 1. The lowest BCUT2D eigenvalue weighted by Crippen LogP contribution is -2.37. The third kappa shape index (κ3) is 5.55. The van der Waals surface area contributed by atoms with Crippen LogP contribution in [-0.4, -0.2) is 19.5 Å². The Hall–Kier alpha value is -1.61. The molecular formula is C27H33ClO2. The zero-order valence-corrected chi connectivity index (χ0v) is 18.7. The van der Waals surface area contributed by atoms with Gasteiger partial charge in [-0.05, 0) is 66.8 Å². The maximum atomic E-state index is 6.09. The van der Waals surface area contributed by atoms with Crippen LogP contribution in [0, 0.1) is 11.8 Å². The van der Waals surface area contributed by atoms with E-state index in [0.717, 1.165) is 24.7 Å². The fraction of sp³-hybridized carbons (Fsp3) is 0.481. The zero-order valence-electron chi connectivity index (χ0n) is 17.9. The summed E-state index contributed by atoms with van der Waals surface area (Å²) in [4.78, 5) is 0. The van der Waals surface area contributed by atoms with Gasteiger partial charge in [-0.2, -0.15) is 0 Å². The van der Waals surface area contributed by atoms with Crippen LogP contribution in [0.4, 0.5) is 0 Å². The molecule has 2 aromatic rings. The smallest absolute Gasteiger partial charge is 0.160 e. The van der Waals surface area contributed by atoms with E-state index in [4.69, 9.17) is 21.1 Å². The average Bonchev–Trinajstić information content (AvgIpc) is 2.81. The summed E-state index contributed by atoms with van der Waals surface area (Å²) in [7, 11) is 0. The highest BCUT2D eigenvalue weighted by Crippen LogP contribution is 2.39. The van der Waals surface area contributed by atoms with Gasteiger partial charge in [0, 0.05) is 16.9 Å². The SMILES string of the molecule is CCC/C=C/C1COC(C2CCC(c3ccc(-c4ccc(Cl)cc4)cc3)CC2)OC1. The zero-order chi connectivity index (χ0) is 20.8. The van der Waals surface area contributed by atoms with Gasteiger partial charge in [0.15, 0.2) is 6.29 Å². The van der Waals surface area contributed by atoms with Crippen molar-refractivity contribution in [2.24, 2.45) is 11.8 Å². The first-order valence-electron chi connectivity index (χ1n) is 11.5. The van der Waals surface area contributed by atoms with Crippen molar-refractivity contribution < 1.29 is 9.47 Å². The molecule has 30 heavy (non-hydrogen) atoms. The summed E-state index contributed by atoms with van der Waals surface area (Å²) in [6.07, 6.45) is 11.7. The number of rotatable bonds is 6. The van der Waals surface area contributed by atoms with E-state index in [1.165, 1.54) is 48.8 Å². The third-order valence-electron chi connectivity index (χ3n) is 6.53. The first-order valence-corrected chi connectivity index (χ1v) is 11.9. The summed E-state index contributed by atoms with van der Waals surface area (Å²) in [5.41, 5.74) is 3.91. The van der Waals surface area contributed by atoms with Crippen LogP contribution in [0.3, 0.4) is 0 Å². The molecular weight excluding hydrogens is 392 g/mol. The summed E-state index contributed by atoms with van der Waals surface area (Å²) in [6.45, 7) is 3.81. The lowest BCUT2D eigenvalue weighted by Gasteiger charge is -2.37. The molecule has 3 heteroatoms. The molecule has 1 heterocycles. The van der Waals surface area contributed by atoms with E-state index in [0.29, 0.717) is 17.8 Å². The molecule has 1 aliphatic carbocycles. The molecule has 0 atom stereocenters. The van der Waals surface area contributed by atoms with Crippen LogP contribution in [0.1, 0.15) is 56.9 Å². The molecule has 4 rings (SSSR count). The molecule has 160 valence electrons. The molecule has 2 aromatic carbocycles. The van der Waals surface area contributed by atoms with Gasteiger partial charge in [0.2, 0.25) is 0 Å². The number of allylic oxidation sites excluding steroid dienone is 1. The minimum Gasteiger partial charge on any atom is -0.352 e. The summed E-state index contributed by atoms with van der Waals surface area (Å²) in [5, 5.41) is 0.779. The predicted molar refractivity (Wildman–Crippen MR) is 125 cm³/mol. The van der Waals surface area contributed by atoms with E-state index in [-0.39, 0.29) is 6.29 Å². The van der Waals surface area contributed by atoms with Crippen molar-refractivity contribution in [1.29, 1.82) is 0 Å². The van der Waals surface area contributed by atoms with Gasteiger partial charge in [0.05, 0.1) is 13.2 Å². The van der Waals surface area contributed by atoms with E-state index >= 15 is 0 Å². The first-order chi connectivity index (χ1) is 14.7. The first kappa shape index (κ1) is 21.6. The summed E-state index contributed by atoms with van der Waals surface area (Å²) >= 11 is 6.01. The molecule has 1 saturated carbocycles. The second-order valence-electron chi connectivity index (χ2n) is 8.75. The minimum atomic E-state index is -0.00550. The number of hydrogen-bond acceptors (Lipinski definition) is 2. The fourth-order valence-corrected chi connectivity index (χ4v) is 4.81. The summed E-state index contributed by atoms with van der Waals surface area (Å²) in [6, 6.07) is 17.1. The van der Waals surface area contributed by atoms with E-state index in [9.17, 15) is 0 Å².